The highest BCUT2D eigenvalue weighted by Gasteiger charge is 2.33. The van der Waals surface area contributed by atoms with Gasteiger partial charge in [-0.25, -0.2) is 9.59 Å². The van der Waals surface area contributed by atoms with Gasteiger partial charge in [0.05, 0.1) is 5.60 Å². The minimum Gasteiger partial charge on any atom is -0.480 e. The summed E-state index contributed by atoms with van der Waals surface area (Å²) in [6, 6.07) is -1.29. The number of carboxylic acids is 1. The lowest BCUT2D eigenvalue weighted by atomic mass is 10.2. The van der Waals surface area contributed by atoms with Gasteiger partial charge in [-0.1, -0.05) is 0 Å². The third-order valence-corrected chi connectivity index (χ3v) is 1.57. The molecule has 0 rings (SSSR count). The molecular weight excluding hydrogens is 216 g/mol. The van der Waals surface area contributed by atoms with E-state index in [9.17, 15) is 9.59 Å². The largest absolute Gasteiger partial charge is 0.480 e. The van der Waals surface area contributed by atoms with Crippen molar-refractivity contribution in [1.82, 2.24) is 5.06 Å². The maximum atomic E-state index is 10.9. The molecule has 0 aliphatic carbocycles. The Kier molecular flexibility index (Phi) is 5.19. The van der Waals surface area contributed by atoms with E-state index in [1.807, 2.05) is 0 Å². The summed E-state index contributed by atoms with van der Waals surface area (Å²) >= 11 is 0. The predicted molar refractivity (Wildman–Crippen MR) is 55.8 cm³/mol. The first-order valence-corrected chi connectivity index (χ1v) is 4.83. The van der Waals surface area contributed by atoms with Crippen LogP contribution in [-0.2, 0) is 9.63 Å². The van der Waals surface area contributed by atoms with Crippen molar-refractivity contribution >= 4 is 12.1 Å². The molecule has 0 saturated carbocycles. The molecule has 1 unspecified atom stereocenters. The van der Waals surface area contributed by atoms with Gasteiger partial charge >= 0.3 is 12.1 Å². The number of nitrogens with two attached hydrogens (primary N) is 1. The van der Waals surface area contributed by atoms with E-state index < -0.39 is 23.7 Å². The van der Waals surface area contributed by atoms with Gasteiger partial charge in [0.2, 0.25) is 0 Å². The first-order chi connectivity index (χ1) is 7.19. The third-order valence-electron chi connectivity index (χ3n) is 1.57. The Morgan fingerprint density at radius 1 is 1.38 bits per heavy atom. The maximum absolute atomic E-state index is 10.9. The molecule has 4 N–H and O–H groups in total. The van der Waals surface area contributed by atoms with Crippen LogP contribution < -0.4 is 5.73 Å². The molecule has 0 fully saturated rings. The lowest BCUT2D eigenvalue weighted by Gasteiger charge is -2.31. The van der Waals surface area contributed by atoms with Gasteiger partial charge < -0.3 is 15.9 Å². The average molecular weight is 234 g/mol. The maximum Gasteiger partial charge on any atom is 0.432 e. The Labute approximate surface area is 93.7 Å². The summed E-state index contributed by atoms with van der Waals surface area (Å²) in [6.07, 6.45) is -1.45. The number of nitrogens with zero attached hydrogens (tertiary/aromatic N) is 1. The van der Waals surface area contributed by atoms with Gasteiger partial charge in [-0.15, -0.1) is 0 Å². The topological polar surface area (TPSA) is 113 Å². The second kappa shape index (κ2) is 5.66. The quantitative estimate of drug-likeness (QED) is 0.597. The molecule has 0 aromatic rings. The number of hydrogen-bond acceptors (Lipinski definition) is 4. The normalized spacial score (nSPS) is 13.2. The number of rotatable bonds is 5. The number of aliphatic carboxylic acids is 1. The van der Waals surface area contributed by atoms with Crippen molar-refractivity contribution in [3.8, 4) is 0 Å². The summed E-state index contributed by atoms with van der Waals surface area (Å²) in [4.78, 5) is 26.8. The molecule has 0 aromatic carbocycles. The molecule has 0 saturated heterocycles. The number of hydrogen-bond donors (Lipinski definition) is 3. The highest BCUT2D eigenvalue weighted by molar-refractivity contribution is 5.78. The van der Waals surface area contributed by atoms with Gasteiger partial charge in [-0.3, -0.25) is 4.84 Å². The molecule has 0 bridgehead atoms. The fourth-order valence-electron chi connectivity index (χ4n) is 1.03. The van der Waals surface area contributed by atoms with Crippen molar-refractivity contribution in [2.24, 2.45) is 5.73 Å². The van der Waals surface area contributed by atoms with Crippen LogP contribution in [0, 0.1) is 0 Å². The van der Waals surface area contributed by atoms with Crippen molar-refractivity contribution < 1.29 is 24.6 Å². The van der Waals surface area contributed by atoms with Crippen LogP contribution in [0.2, 0.25) is 0 Å². The lowest BCUT2D eigenvalue weighted by molar-refractivity contribution is -0.226. The van der Waals surface area contributed by atoms with Crippen LogP contribution in [0.15, 0.2) is 0 Å². The molecule has 0 spiro atoms. The van der Waals surface area contributed by atoms with E-state index in [1.165, 1.54) is 0 Å². The van der Waals surface area contributed by atoms with Crippen LogP contribution in [0.3, 0.4) is 0 Å². The standard InChI is InChI=1S/C9H18N2O5/c1-9(2,3)16-11(8(14)15)6(4-5-10)7(12)13/h6H,4-5,10H2,1-3H3,(H,12,13)(H,14,15). The monoisotopic (exact) mass is 234 g/mol. The minimum absolute atomic E-state index is 0.00227. The van der Waals surface area contributed by atoms with Crippen LogP contribution in [0.1, 0.15) is 27.2 Å². The van der Waals surface area contributed by atoms with Gasteiger partial charge in [0.1, 0.15) is 0 Å². The zero-order valence-corrected chi connectivity index (χ0v) is 9.64. The lowest BCUT2D eigenvalue weighted by Crippen LogP contribution is -2.48. The van der Waals surface area contributed by atoms with Crippen molar-refractivity contribution in [3.05, 3.63) is 0 Å². The molecule has 1 amide bonds. The smallest absolute Gasteiger partial charge is 0.432 e. The van der Waals surface area contributed by atoms with E-state index in [2.05, 4.69) is 0 Å². The molecule has 94 valence electrons. The molecule has 7 nitrogen and oxygen atoms in total. The highest BCUT2D eigenvalue weighted by atomic mass is 16.7. The fourth-order valence-corrected chi connectivity index (χ4v) is 1.03. The van der Waals surface area contributed by atoms with E-state index in [0.29, 0.717) is 5.06 Å². The van der Waals surface area contributed by atoms with Crippen LogP contribution in [0.5, 0.6) is 0 Å². The van der Waals surface area contributed by atoms with Gasteiger partial charge in [-0.2, -0.15) is 5.06 Å². The molecule has 0 aromatic heterocycles. The predicted octanol–water partition coefficient (Wildman–Crippen LogP) is 0.498. The SMILES string of the molecule is CC(C)(C)ON(C(=O)O)C(CCN)C(=O)O. The molecule has 0 aliphatic heterocycles. The summed E-state index contributed by atoms with van der Waals surface area (Å²) in [7, 11) is 0. The Morgan fingerprint density at radius 3 is 2.12 bits per heavy atom. The average Bonchev–Trinajstić information content (AvgIpc) is 2.08. The highest BCUT2D eigenvalue weighted by Crippen LogP contribution is 2.15. The van der Waals surface area contributed by atoms with Gasteiger partial charge in [0.25, 0.3) is 0 Å². The number of hydroxylamine groups is 2. The van der Waals surface area contributed by atoms with Crippen molar-refractivity contribution in [2.45, 2.75) is 38.8 Å². The zero-order chi connectivity index (χ0) is 12.9. The van der Waals surface area contributed by atoms with E-state index in [-0.39, 0.29) is 13.0 Å². The Bertz CT molecular complexity index is 261. The summed E-state index contributed by atoms with van der Waals surface area (Å²) in [5, 5.41) is 18.2. The minimum atomic E-state index is -1.45. The summed E-state index contributed by atoms with van der Waals surface area (Å²) in [5.74, 6) is -1.28. The molecule has 0 aliphatic rings. The first kappa shape index (κ1) is 14.7. The van der Waals surface area contributed by atoms with Crippen LogP contribution in [0.4, 0.5) is 4.79 Å². The van der Waals surface area contributed by atoms with E-state index >= 15 is 0 Å². The van der Waals surface area contributed by atoms with Crippen molar-refractivity contribution in [3.63, 3.8) is 0 Å². The molecule has 7 heteroatoms. The molecule has 1 atom stereocenters. The second-order valence-electron chi connectivity index (χ2n) is 4.24. The zero-order valence-electron chi connectivity index (χ0n) is 9.64. The number of amides is 1. The Morgan fingerprint density at radius 2 is 1.88 bits per heavy atom. The Balaban J connectivity index is 4.85. The number of carboxylic acid groups (broad SMARTS) is 2. The fraction of sp³-hybridized carbons (Fsp3) is 0.778. The van der Waals surface area contributed by atoms with Crippen LogP contribution >= 0.6 is 0 Å². The first-order valence-electron chi connectivity index (χ1n) is 4.83. The molecule has 16 heavy (non-hydrogen) atoms. The van der Waals surface area contributed by atoms with Gasteiger partial charge in [0, 0.05) is 0 Å². The molecular formula is C9H18N2O5. The summed E-state index contributed by atoms with van der Waals surface area (Å²) in [5.41, 5.74) is 4.44. The third kappa shape index (κ3) is 4.94. The van der Waals surface area contributed by atoms with E-state index in [1.54, 1.807) is 20.8 Å². The van der Waals surface area contributed by atoms with Crippen LogP contribution in [0.25, 0.3) is 0 Å². The Hall–Kier alpha value is -1.34. The summed E-state index contributed by atoms with van der Waals surface area (Å²) in [6.45, 7) is 4.95. The van der Waals surface area contributed by atoms with Crippen LogP contribution in [-0.4, -0.2) is 45.5 Å². The molecule has 0 heterocycles. The van der Waals surface area contributed by atoms with E-state index in [0.717, 1.165) is 0 Å². The summed E-state index contributed by atoms with van der Waals surface area (Å²) < 4.78 is 0. The van der Waals surface area contributed by atoms with Crippen molar-refractivity contribution in [2.75, 3.05) is 6.54 Å². The van der Waals surface area contributed by atoms with Gasteiger partial charge in [-0.05, 0) is 33.7 Å². The second-order valence-corrected chi connectivity index (χ2v) is 4.24. The van der Waals surface area contributed by atoms with E-state index in [4.69, 9.17) is 20.8 Å². The molecule has 0 radical (unpaired) electrons. The van der Waals surface area contributed by atoms with Crippen molar-refractivity contribution in [1.29, 1.82) is 0 Å². The number of carbonyl (C=O) groups is 2. The van der Waals surface area contributed by atoms with Gasteiger partial charge in [0.15, 0.2) is 6.04 Å².